The molecular formula is C22H13F5N2O4. The lowest BCUT2D eigenvalue weighted by molar-refractivity contribution is -0.274. The van der Waals surface area contributed by atoms with E-state index in [-0.39, 0.29) is 34.1 Å². The summed E-state index contributed by atoms with van der Waals surface area (Å²) in [6.45, 7) is 1.48. The van der Waals surface area contributed by atoms with Crippen molar-refractivity contribution in [3.05, 3.63) is 71.5 Å². The number of phenolic OH excluding ortho intramolecular Hbond substituents is 1. The molecular weight excluding hydrogens is 451 g/mol. The van der Waals surface area contributed by atoms with Crippen LogP contribution in [0.5, 0.6) is 11.5 Å². The van der Waals surface area contributed by atoms with E-state index in [2.05, 4.69) is 9.84 Å². The minimum absolute atomic E-state index is 0.0321. The molecule has 1 N–H and O–H groups in total. The van der Waals surface area contributed by atoms with Crippen molar-refractivity contribution in [2.75, 3.05) is 5.01 Å². The summed E-state index contributed by atoms with van der Waals surface area (Å²) >= 11 is 0. The molecule has 170 valence electrons. The van der Waals surface area contributed by atoms with Crippen molar-refractivity contribution in [2.45, 2.75) is 13.3 Å². The fourth-order valence-corrected chi connectivity index (χ4v) is 3.14. The average molecular weight is 464 g/mol. The minimum atomic E-state index is -4.89. The van der Waals surface area contributed by atoms with Gasteiger partial charge in [0.25, 0.3) is 5.91 Å². The van der Waals surface area contributed by atoms with Crippen LogP contribution in [0, 0.1) is 11.6 Å². The summed E-state index contributed by atoms with van der Waals surface area (Å²) in [5.41, 5.74) is 0.0328. The van der Waals surface area contributed by atoms with Gasteiger partial charge in [0.1, 0.15) is 17.3 Å². The number of hydrogen-bond donors (Lipinski definition) is 1. The number of ether oxygens (including phenoxy) is 1. The maximum atomic E-state index is 13.7. The first-order valence-corrected chi connectivity index (χ1v) is 9.28. The predicted molar refractivity (Wildman–Crippen MR) is 107 cm³/mol. The molecule has 6 nitrogen and oxygen atoms in total. The van der Waals surface area contributed by atoms with Gasteiger partial charge in [-0.15, -0.1) is 13.2 Å². The first-order valence-electron chi connectivity index (χ1n) is 9.28. The van der Waals surface area contributed by atoms with Crippen LogP contribution in [0.15, 0.2) is 63.6 Å². The number of phenols is 1. The third-order valence-corrected chi connectivity index (χ3v) is 4.60. The fraction of sp³-hybridized carbons (Fsp3) is 0.0909. The van der Waals surface area contributed by atoms with Crippen molar-refractivity contribution >= 4 is 23.4 Å². The zero-order valence-electron chi connectivity index (χ0n) is 16.7. The highest BCUT2D eigenvalue weighted by Crippen LogP contribution is 2.35. The van der Waals surface area contributed by atoms with Gasteiger partial charge in [-0.3, -0.25) is 4.79 Å². The minimum Gasteiger partial charge on any atom is -0.503 e. The SMILES string of the molecule is CC1=NN(c2cc(F)c(O)c(F)c2)C(=O)C1=Cc1ccc(-c2ccccc2OC(F)(F)F)o1. The summed E-state index contributed by atoms with van der Waals surface area (Å²) in [5, 5.41) is 14.0. The molecule has 3 aromatic rings. The zero-order valence-corrected chi connectivity index (χ0v) is 16.7. The summed E-state index contributed by atoms with van der Waals surface area (Å²) in [7, 11) is 0. The molecule has 0 atom stereocenters. The van der Waals surface area contributed by atoms with E-state index in [0.717, 1.165) is 23.2 Å². The fourth-order valence-electron chi connectivity index (χ4n) is 3.14. The van der Waals surface area contributed by atoms with E-state index in [4.69, 9.17) is 4.42 Å². The second-order valence-electron chi connectivity index (χ2n) is 6.86. The molecule has 11 heteroatoms. The van der Waals surface area contributed by atoms with E-state index in [1.807, 2.05) is 0 Å². The lowest BCUT2D eigenvalue weighted by Gasteiger charge is -2.12. The molecule has 4 rings (SSSR count). The predicted octanol–water partition coefficient (Wildman–Crippen LogP) is 5.64. The Morgan fingerprint density at radius 1 is 1.09 bits per heavy atom. The van der Waals surface area contributed by atoms with Crippen LogP contribution in [0.1, 0.15) is 12.7 Å². The second-order valence-corrected chi connectivity index (χ2v) is 6.86. The van der Waals surface area contributed by atoms with Gasteiger partial charge in [-0.2, -0.15) is 10.1 Å². The van der Waals surface area contributed by atoms with Gasteiger partial charge in [-0.25, -0.2) is 8.78 Å². The molecule has 2 aromatic carbocycles. The Kier molecular flexibility index (Phi) is 5.40. The van der Waals surface area contributed by atoms with Gasteiger partial charge in [-0.05, 0) is 37.3 Å². The Morgan fingerprint density at radius 2 is 1.76 bits per heavy atom. The van der Waals surface area contributed by atoms with Crippen LogP contribution in [-0.2, 0) is 4.79 Å². The Hall–Kier alpha value is -4.15. The number of carbonyl (C=O) groups is 1. The number of alkyl halides is 3. The molecule has 33 heavy (non-hydrogen) atoms. The van der Waals surface area contributed by atoms with E-state index in [0.29, 0.717) is 0 Å². The van der Waals surface area contributed by atoms with Crippen LogP contribution in [0.2, 0.25) is 0 Å². The average Bonchev–Trinajstić information content (AvgIpc) is 3.31. The molecule has 0 saturated carbocycles. The molecule has 2 heterocycles. The Bertz CT molecular complexity index is 1290. The number of furan rings is 1. The molecule has 1 aliphatic heterocycles. The summed E-state index contributed by atoms with van der Waals surface area (Å²) in [4.78, 5) is 12.8. The normalized spacial score (nSPS) is 15.3. The number of anilines is 1. The smallest absolute Gasteiger partial charge is 0.503 e. The number of amides is 1. The summed E-state index contributed by atoms with van der Waals surface area (Å²) in [5.74, 6) is -4.72. The Labute approximate surface area is 182 Å². The van der Waals surface area contributed by atoms with Gasteiger partial charge in [-0.1, -0.05) is 12.1 Å². The van der Waals surface area contributed by atoms with Gasteiger partial charge in [0.2, 0.25) is 0 Å². The number of rotatable bonds is 4. The number of carbonyl (C=O) groups excluding carboxylic acids is 1. The van der Waals surface area contributed by atoms with Crippen LogP contribution < -0.4 is 9.75 Å². The van der Waals surface area contributed by atoms with Gasteiger partial charge in [0.05, 0.1) is 22.5 Å². The molecule has 0 spiro atoms. The number of hydrazone groups is 1. The van der Waals surface area contributed by atoms with Crippen molar-refractivity contribution in [3.63, 3.8) is 0 Å². The van der Waals surface area contributed by atoms with Gasteiger partial charge in [0, 0.05) is 12.1 Å². The molecule has 0 fully saturated rings. The summed E-state index contributed by atoms with van der Waals surface area (Å²) in [6.07, 6.45) is -3.60. The Morgan fingerprint density at radius 3 is 2.42 bits per heavy atom. The number of hydrogen-bond acceptors (Lipinski definition) is 5. The van der Waals surface area contributed by atoms with E-state index in [1.54, 1.807) is 0 Å². The monoisotopic (exact) mass is 464 g/mol. The lowest BCUT2D eigenvalue weighted by Crippen LogP contribution is -2.21. The van der Waals surface area contributed by atoms with Crippen molar-refractivity contribution in [1.29, 1.82) is 0 Å². The number of para-hydroxylation sites is 1. The quantitative estimate of drug-likeness (QED) is 0.401. The highest BCUT2D eigenvalue weighted by Gasteiger charge is 2.33. The number of benzene rings is 2. The van der Waals surface area contributed by atoms with E-state index < -0.39 is 35.4 Å². The van der Waals surface area contributed by atoms with Gasteiger partial charge in [0.15, 0.2) is 17.4 Å². The third-order valence-electron chi connectivity index (χ3n) is 4.60. The molecule has 0 bridgehead atoms. The van der Waals surface area contributed by atoms with Crippen LogP contribution in [0.3, 0.4) is 0 Å². The third kappa shape index (κ3) is 4.43. The largest absolute Gasteiger partial charge is 0.573 e. The maximum Gasteiger partial charge on any atom is 0.573 e. The number of halogens is 5. The first-order chi connectivity index (χ1) is 15.5. The Balaban J connectivity index is 1.63. The van der Waals surface area contributed by atoms with Crippen LogP contribution >= 0.6 is 0 Å². The van der Waals surface area contributed by atoms with Gasteiger partial charge < -0.3 is 14.3 Å². The molecule has 0 aliphatic carbocycles. The molecule has 1 aromatic heterocycles. The highest BCUT2D eigenvalue weighted by molar-refractivity contribution is 6.32. The van der Waals surface area contributed by atoms with E-state index >= 15 is 0 Å². The first kappa shape index (κ1) is 22.1. The van der Waals surface area contributed by atoms with E-state index in [1.165, 1.54) is 43.3 Å². The van der Waals surface area contributed by atoms with Crippen molar-refractivity contribution in [1.82, 2.24) is 0 Å². The summed E-state index contributed by atoms with van der Waals surface area (Å²) < 4.78 is 75.0. The lowest BCUT2D eigenvalue weighted by atomic mass is 10.1. The van der Waals surface area contributed by atoms with Crippen molar-refractivity contribution < 1.29 is 41.0 Å². The van der Waals surface area contributed by atoms with Gasteiger partial charge >= 0.3 is 6.36 Å². The molecule has 1 aliphatic rings. The zero-order chi connectivity index (χ0) is 23.9. The standard InChI is InChI=1S/C22H13F5N2O4/c1-11-15(21(31)29(28-11)12-8-16(23)20(30)17(24)9-12)10-13-6-7-18(32-13)14-4-2-3-5-19(14)33-22(25,26)27/h2-10,30H,1H3. The number of aromatic hydroxyl groups is 1. The summed E-state index contributed by atoms with van der Waals surface area (Å²) in [6, 6.07) is 9.71. The van der Waals surface area contributed by atoms with E-state index in [9.17, 15) is 31.9 Å². The van der Waals surface area contributed by atoms with Crippen molar-refractivity contribution in [3.8, 4) is 22.8 Å². The highest BCUT2D eigenvalue weighted by atomic mass is 19.4. The van der Waals surface area contributed by atoms with Crippen LogP contribution in [-0.4, -0.2) is 23.1 Å². The molecule has 0 radical (unpaired) electrons. The topological polar surface area (TPSA) is 75.3 Å². The van der Waals surface area contributed by atoms with Crippen LogP contribution in [0.4, 0.5) is 27.6 Å². The van der Waals surface area contributed by atoms with Crippen LogP contribution in [0.25, 0.3) is 17.4 Å². The maximum absolute atomic E-state index is 13.7. The molecule has 0 saturated heterocycles. The second kappa shape index (κ2) is 8.08. The molecule has 1 amide bonds. The van der Waals surface area contributed by atoms with Crippen molar-refractivity contribution in [2.24, 2.45) is 5.10 Å². The molecule has 0 unspecified atom stereocenters. The number of nitrogens with zero attached hydrogens (tertiary/aromatic N) is 2.